The molecule has 1 aromatic heterocycles. The number of aromatic nitrogens is 2. The van der Waals surface area contributed by atoms with Crippen LogP contribution in [-0.4, -0.2) is 29.0 Å². The highest BCUT2D eigenvalue weighted by Gasteiger charge is 2.16. The summed E-state index contributed by atoms with van der Waals surface area (Å²) in [5.41, 5.74) is 1.29. The molecule has 1 fully saturated rings. The van der Waals surface area contributed by atoms with Gasteiger partial charge in [0.15, 0.2) is 0 Å². The summed E-state index contributed by atoms with van der Waals surface area (Å²) in [7, 11) is 0. The summed E-state index contributed by atoms with van der Waals surface area (Å²) in [5, 5.41) is 7.94. The molecule has 18 heavy (non-hydrogen) atoms. The average molecular weight is 251 g/mol. The zero-order chi connectivity index (χ0) is 12.8. The minimum atomic E-state index is 0.353. The molecule has 1 saturated heterocycles. The molecule has 0 aromatic carbocycles. The van der Waals surface area contributed by atoms with Crippen LogP contribution in [0.5, 0.6) is 0 Å². The van der Waals surface area contributed by atoms with E-state index in [4.69, 9.17) is 4.74 Å². The van der Waals surface area contributed by atoms with Crippen molar-refractivity contribution in [1.29, 1.82) is 0 Å². The summed E-state index contributed by atoms with van der Waals surface area (Å²) in [6, 6.07) is 0.427. The van der Waals surface area contributed by atoms with Gasteiger partial charge in [0.25, 0.3) is 0 Å². The van der Waals surface area contributed by atoms with Crippen LogP contribution >= 0.6 is 0 Å². The molecule has 2 heterocycles. The van der Waals surface area contributed by atoms with Gasteiger partial charge in [0.05, 0.1) is 18.8 Å². The second-order valence-electron chi connectivity index (χ2n) is 5.00. The van der Waals surface area contributed by atoms with Gasteiger partial charge in [-0.05, 0) is 32.2 Å². The second kappa shape index (κ2) is 6.90. The fourth-order valence-corrected chi connectivity index (χ4v) is 2.56. The number of nitrogens with one attached hydrogen (secondary N) is 1. The van der Waals surface area contributed by atoms with Gasteiger partial charge in [-0.1, -0.05) is 13.8 Å². The van der Waals surface area contributed by atoms with Gasteiger partial charge in [-0.2, -0.15) is 5.10 Å². The van der Waals surface area contributed by atoms with Crippen molar-refractivity contribution in [3.05, 3.63) is 18.0 Å². The fourth-order valence-electron chi connectivity index (χ4n) is 2.56. The van der Waals surface area contributed by atoms with Crippen LogP contribution in [0.1, 0.15) is 51.1 Å². The molecule has 0 spiro atoms. The summed E-state index contributed by atoms with van der Waals surface area (Å²) >= 11 is 0. The predicted molar refractivity (Wildman–Crippen MR) is 72.5 cm³/mol. The highest BCUT2D eigenvalue weighted by Crippen LogP contribution is 2.18. The first-order chi connectivity index (χ1) is 8.83. The largest absolute Gasteiger partial charge is 0.376 e. The smallest absolute Gasteiger partial charge is 0.0770 e. The Morgan fingerprint density at radius 2 is 2.39 bits per heavy atom. The summed E-state index contributed by atoms with van der Waals surface area (Å²) in [4.78, 5) is 0. The molecule has 102 valence electrons. The monoisotopic (exact) mass is 251 g/mol. The maximum atomic E-state index is 5.75. The lowest BCUT2D eigenvalue weighted by Crippen LogP contribution is -2.24. The van der Waals surface area contributed by atoms with Crippen LogP contribution in [0.15, 0.2) is 12.4 Å². The fraction of sp³-hybridized carbons (Fsp3) is 0.786. The van der Waals surface area contributed by atoms with E-state index in [1.54, 1.807) is 0 Å². The first-order valence-electron chi connectivity index (χ1n) is 7.20. The maximum Gasteiger partial charge on any atom is 0.0770 e. The molecule has 1 aliphatic heterocycles. The van der Waals surface area contributed by atoms with Crippen LogP contribution < -0.4 is 5.32 Å². The van der Waals surface area contributed by atoms with Gasteiger partial charge in [0.2, 0.25) is 0 Å². The van der Waals surface area contributed by atoms with Crippen LogP contribution in [-0.2, 0) is 11.3 Å². The Morgan fingerprint density at radius 1 is 1.50 bits per heavy atom. The topological polar surface area (TPSA) is 39.1 Å². The number of ether oxygens (including phenoxy) is 1. The standard InChI is InChI=1S/C14H25N3O/c1-3-14(15-4-2)12-9-16-17(10-12)11-13-7-5-6-8-18-13/h9-10,13-15H,3-8,11H2,1-2H3. The summed E-state index contributed by atoms with van der Waals surface area (Å²) in [5.74, 6) is 0. The summed E-state index contributed by atoms with van der Waals surface area (Å²) in [6.45, 7) is 7.14. The van der Waals surface area contributed by atoms with E-state index in [-0.39, 0.29) is 0 Å². The summed E-state index contributed by atoms with van der Waals surface area (Å²) < 4.78 is 7.78. The van der Waals surface area contributed by atoms with Crippen molar-refractivity contribution in [2.24, 2.45) is 0 Å². The Hall–Kier alpha value is -0.870. The van der Waals surface area contributed by atoms with Gasteiger partial charge < -0.3 is 10.1 Å². The Bertz CT molecular complexity index is 345. The van der Waals surface area contributed by atoms with Crippen LogP contribution in [0.3, 0.4) is 0 Å². The molecule has 2 atom stereocenters. The molecule has 0 bridgehead atoms. The third kappa shape index (κ3) is 3.56. The van der Waals surface area contributed by atoms with E-state index in [9.17, 15) is 0 Å². The van der Waals surface area contributed by atoms with E-state index in [1.165, 1.54) is 24.8 Å². The predicted octanol–water partition coefficient (Wildman–Crippen LogP) is 2.51. The maximum absolute atomic E-state index is 5.75. The Morgan fingerprint density at radius 3 is 3.06 bits per heavy atom. The molecule has 2 unspecified atom stereocenters. The molecule has 0 radical (unpaired) electrons. The van der Waals surface area contributed by atoms with Crippen molar-refractivity contribution in [3.8, 4) is 0 Å². The third-order valence-electron chi connectivity index (χ3n) is 3.58. The Labute approximate surface area is 110 Å². The minimum absolute atomic E-state index is 0.353. The molecular formula is C14H25N3O. The molecule has 4 nitrogen and oxygen atoms in total. The van der Waals surface area contributed by atoms with E-state index in [2.05, 4.69) is 30.5 Å². The highest BCUT2D eigenvalue weighted by molar-refractivity contribution is 5.10. The molecule has 2 rings (SSSR count). The van der Waals surface area contributed by atoms with Gasteiger partial charge in [-0.25, -0.2) is 0 Å². The third-order valence-corrected chi connectivity index (χ3v) is 3.58. The van der Waals surface area contributed by atoms with Crippen molar-refractivity contribution in [1.82, 2.24) is 15.1 Å². The van der Waals surface area contributed by atoms with Crippen molar-refractivity contribution in [2.45, 2.75) is 58.2 Å². The Balaban J connectivity index is 1.92. The lowest BCUT2D eigenvalue weighted by Gasteiger charge is -2.22. The van der Waals surface area contributed by atoms with Crippen LogP contribution in [0.4, 0.5) is 0 Å². The Kier molecular flexibility index (Phi) is 5.20. The molecule has 1 aromatic rings. The minimum Gasteiger partial charge on any atom is -0.376 e. The molecule has 0 saturated carbocycles. The van der Waals surface area contributed by atoms with E-state index in [0.29, 0.717) is 12.1 Å². The normalized spacial score (nSPS) is 22.0. The van der Waals surface area contributed by atoms with Gasteiger partial charge >= 0.3 is 0 Å². The molecule has 1 aliphatic rings. The molecule has 0 amide bonds. The molecule has 0 aliphatic carbocycles. The molecule has 4 heteroatoms. The van der Waals surface area contributed by atoms with E-state index < -0.39 is 0 Å². The quantitative estimate of drug-likeness (QED) is 0.844. The highest BCUT2D eigenvalue weighted by atomic mass is 16.5. The average Bonchev–Trinajstić information content (AvgIpc) is 2.85. The van der Waals surface area contributed by atoms with Crippen molar-refractivity contribution >= 4 is 0 Å². The zero-order valence-electron chi connectivity index (χ0n) is 11.6. The number of nitrogens with zero attached hydrogens (tertiary/aromatic N) is 2. The van der Waals surface area contributed by atoms with Gasteiger partial charge in [-0.3, -0.25) is 4.68 Å². The lowest BCUT2D eigenvalue weighted by atomic mass is 10.1. The van der Waals surface area contributed by atoms with Crippen molar-refractivity contribution in [3.63, 3.8) is 0 Å². The second-order valence-corrected chi connectivity index (χ2v) is 5.00. The van der Waals surface area contributed by atoms with E-state index >= 15 is 0 Å². The van der Waals surface area contributed by atoms with Crippen LogP contribution in [0.2, 0.25) is 0 Å². The van der Waals surface area contributed by atoms with Crippen LogP contribution in [0, 0.1) is 0 Å². The van der Waals surface area contributed by atoms with E-state index in [0.717, 1.165) is 26.1 Å². The van der Waals surface area contributed by atoms with Gasteiger partial charge in [0, 0.05) is 24.4 Å². The number of hydrogen-bond acceptors (Lipinski definition) is 3. The van der Waals surface area contributed by atoms with Gasteiger partial charge in [0.1, 0.15) is 0 Å². The van der Waals surface area contributed by atoms with Crippen LogP contribution in [0.25, 0.3) is 0 Å². The van der Waals surface area contributed by atoms with E-state index in [1.807, 2.05) is 10.9 Å². The lowest BCUT2D eigenvalue weighted by molar-refractivity contribution is 0.00398. The SMILES string of the molecule is CCNC(CC)c1cnn(CC2CCCCO2)c1. The van der Waals surface area contributed by atoms with Gasteiger partial charge in [-0.15, -0.1) is 0 Å². The molecular weight excluding hydrogens is 226 g/mol. The van der Waals surface area contributed by atoms with Crippen molar-refractivity contribution in [2.75, 3.05) is 13.2 Å². The zero-order valence-corrected chi connectivity index (χ0v) is 11.6. The first kappa shape index (κ1) is 13.6. The number of rotatable bonds is 6. The number of hydrogen-bond donors (Lipinski definition) is 1. The van der Waals surface area contributed by atoms with Crippen molar-refractivity contribution < 1.29 is 4.74 Å². The molecule has 1 N–H and O–H groups in total. The first-order valence-corrected chi connectivity index (χ1v) is 7.20. The summed E-state index contributed by atoms with van der Waals surface area (Å²) in [6.07, 6.45) is 9.26.